The first-order valence-corrected chi connectivity index (χ1v) is 3.70. The maximum atomic E-state index is 9.32. The van der Waals surface area contributed by atoms with Gasteiger partial charge in [-0.25, -0.2) is 0 Å². The molecule has 3 nitrogen and oxygen atoms in total. The predicted molar refractivity (Wildman–Crippen MR) is 47.1 cm³/mol. The third-order valence-corrected chi connectivity index (χ3v) is 1.73. The maximum absolute atomic E-state index is 9.32. The number of halogens is 1. The fourth-order valence-corrected chi connectivity index (χ4v) is 1.03. The van der Waals surface area contributed by atoms with Gasteiger partial charge in [-0.1, -0.05) is 16.8 Å². The van der Waals surface area contributed by atoms with Crippen molar-refractivity contribution in [3.63, 3.8) is 0 Å². The summed E-state index contributed by atoms with van der Waals surface area (Å²) in [6.07, 6.45) is 0. The van der Waals surface area contributed by atoms with Crippen LogP contribution in [0.2, 0.25) is 5.02 Å². The second-order valence-electron chi connectivity index (χ2n) is 2.35. The lowest BCUT2D eigenvalue weighted by Crippen LogP contribution is -1.94. The molecule has 0 radical (unpaired) electrons. The Kier molecular flexibility index (Phi) is 2.55. The molecule has 0 fully saturated rings. The molecule has 12 heavy (non-hydrogen) atoms. The summed E-state index contributed by atoms with van der Waals surface area (Å²) < 4.78 is 0. The van der Waals surface area contributed by atoms with Gasteiger partial charge in [0, 0.05) is 10.6 Å². The van der Waals surface area contributed by atoms with Crippen LogP contribution in [0.1, 0.15) is 12.5 Å². The first-order chi connectivity index (χ1) is 5.65. The molecule has 0 heterocycles. The van der Waals surface area contributed by atoms with E-state index in [0.717, 1.165) is 0 Å². The van der Waals surface area contributed by atoms with Crippen LogP contribution in [0.15, 0.2) is 23.4 Å². The molecule has 0 aromatic heterocycles. The van der Waals surface area contributed by atoms with Crippen LogP contribution >= 0.6 is 11.6 Å². The van der Waals surface area contributed by atoms with Crippen LogP contribution in [-0.2, 0) is 0 Å². The van der Waals surface area contributed by atoms with E-state index in [1.165, 1.54) is 6.07 Å². The first-order valence-electron chi connectivity index (χ1n) is 3.32. The standard InChI is InChI=1S/C8H8ClNO2/c1-5(10-12)7-3-2-6(9)4-8(7)11/h2-4,11-12H,1H3/b10-5+. The highest BCUT2D eigenvalue weighted by molar-refractivity contribution is 6.30. The Balaban J connectivity index is 3.18. The molecule has 0 aliphatic heterocycles. The third kappa shape index (κ3) is 1.68. The number of nitrogens with zero attached hydrogens (tertiary/aromatic N) is 1. The van der Waals surface area contributed by atoms with Crippen LogP contribution < -0.4 is 0 Å². The van der Waals surface area contributed by atoms with E-state index in [1.54, 1.807) is 19.1 Å². The lowest BCUT2D eigenvalue weighted by Gasteiger charge is -2.01. The molecule has 1 rings (SSSR count). The highest BCUT2D eigenvalue weighted by Crippen LogP contribution is 2.22. The van der Waals surface area contributed by atoms with Crippen LogP contribution in [-0.4, -0.2) is 16.0 Å². The Morgan fingerprint density at radius 3 is 2.67 bits per heavy atom. The fraction of sp³-hybridized carbons (Fsp3) is 0.125. The minimum Gasteiger partial charge on any atom is -0.507 e. The van der Waals surface area contributed by atoms with E-state index in [1.807, 2.05) is 0 Å². The van der Waals surface area contributed by atoms with Gasteiger partial charge in [-0.2, -0.15) is 0 Å². The molecule has 0 saturated heterocycles. The molecular weight excluding hydrogens is 178 g/mol. The predicted octanol–water partition coefficient (Wildman–Crippen LogP) is 2.24. The highest BCUT2D eigenvalue weighted by atomic mass is 35.5. The molecule has 0 aliphatic carbocycles. The average Bonchev–Trinajstić information content (AvgIpc) is 2.03. The van der Waals surface area contributed by atoms with E-state index in [4.69, 9.17) is 16.8 Å². The van der Waals surface area contributed by atoms with Crippen LogP contribution in [0.25, 0.3) is 0 Å². The summed E-state index contributed by atoms with van der Waals surface area (Å²) in [5.41, 5.74) is 0.825. The summed E-state index contributed by atoms with van der Waals surface area (Å²) in [7, 11) is 0. The zero-order chi connectivity index (χ0) is 9.14. The van der Waals surface area contributed by atoms with Crippen LogP contribution in [0.4, 0.5) is 0 Å². The van der Waals surface area contributed by atoms with Crippen molar-refractivity contribution in [3.8, 4) is 5.75 Å². The lowest BCUT2D eigenvalue weighted by atomic mass is 10.1. The molecule has 0 spiro atoms. The minimum atomic E-state index is 0.0119. The molecule has 0 amide bonds. The number of benzene rings is 1. The van der Waals surface area contributed by atoms with E-state index in [-0.39, 0.29) is 5.75 Å². The number of phenols is 1. The Bertz CT molecular complexity index is 323. The number of aromatic hydroxyl groups is 1. The van der Waals surface area contributed by atoms with Gasteiger partial charge < -0.3 is 10.3 Å². The number of phenolic OH excluding ortho intramolecular Hbond substituents is 1. The monoisotopic (exact) mass is 185 g/mol. The average molecular weight is 186 g/mol. The summed E-state index contributed by atoms with van der Waals surface area (Å²) in [6.45, 7) is 1.59. The van der Waals surface area contributed by atoms with Crippen LogP contribution in [0.3, 0.4) is 0 Å². The van der Waals surface area contributed by atoms with Gasteiger partial charge in [0.15, 0.2) is 0 Å². The van der Waals surface area contributed by atoms with Gasteiger partial charge in [-0.3, -0.25) is 0 Å². The normalized spacial score (nSPS) is 11.7. The third-order valence-electron chi connectivity index (χ3n) is 1.50. The molecule has 1 aromatic carbocycles. The Hall–Kier alpha value is -1.22. The Labute approximate surface area is 74.9 Å². The molecule has 0 aliphatic rings. The summed E-state index contributed by atoms with van der Waals surface area (Å²) in [5.74, 6) is 0.0119. The largest absolute Gasteiger partial charge is 0.507 e. The molecule has 2 N–H and O–H groups in total. The molecule has 4 heteroatoms. The van der Waals surface area contributed by atoms with Crippen molar-refractivity contribution >= 4 is 17.3 Å². The van der Waals surface area contributed by atoms with Crippen molar-refractivity contribution in [1.29, 1.82) is 0 Å². The van der Waals surface area contributed by atoms with Gasteiger partial charge in [0.1, 0.15) is 5.75 Å². The molecule has 0 saturated carbocycles. The smallest absolute Gasteiger partial charge is 0.126 e. The molecule has 0 unspecified atom stereocenters. The van der Waals surface area contributed by atoms with Crippen molar-refractivity contribution in [2.24, 2.45) is 5.16 Å². The molecule has 0 atom stereocenters. The number of rotatable bonds is 1. The van der Waals surface area contributed by atoms with E-state index < -0.39 is 0 Å². The molecular formula is C8H8ClNO2. The van der Waals surface area contributed by atoms with Crippen molar-refractivity contribution in [1.82, 2.24) is 0 Å². The Morgan fingerprint density at radius 1 is 1.50 bits per heavy atom. The zero-order valence-electron chi connectivity index (χ0n) is 6.45. The number of oxime groups is 1. The number of hydrogen-bond acceptors (Lipinski definition) is 3. The lowest BCUT2D eigenvalue weighted by molar-refractivity contribution is 0.318. The van der Waals surface area contributed by atoms with Crippen molar-refractivity contribution in [2.45, 2.75) is 6.92 Å². The summed E-state index contributed by atoms with van der Waals surface area (Å²) in [4.78, 5) is 0. The SMILES string of the molecule is C/C(=N\O)c1ccc(Cl)cc1O. The van der Waals surface area contributed by atoms with E-state index in [2.05, 4.69) is 5.16 Å². The summed E-state index contributed by atoms with van der Waals surface area (Å²) in [5, 5.41) is 21.2. The van der Waals surface area contributed by atoms with Crippen LogP contribution in [0, 0.1) is 0 Å². The molecule has 0 bridgehead atoms. The van der Waals surface area contributed by atoms with Crippen molar-refractivity contribution < 1.29 is 10.3 Å². The topological polar surface area (TPSA) is 52.8 Å². The van der Waals surface area contributed by atoms with E-state index in [0.29, 0.717) is 16.3 Å². The van der Waals surface area contributed by atoms with Gasteiger partial charge in [-0.15, -0.1) is 0 Å². The zero-order valence-corrected chi connectivity index (χ0v) is 7.21. The minimum absolute atomic E-state index is 0.0119. The van der Waals surface area contributed by atoms with E-state index in [9.17, 15) is 5.11 Å². The fourth-order valence-electron chi connectivity index (χ4n) is 0.865. The molecule has 1 aromatic rings. The van der Waals surface area contributed by atoms with Gasteiger partial charge in [0.05, 0.1) is 5.71 Å². The second-order valence-corrected chi connectivity index (χ2v) is 2.78. The first kappa shape index (κ1) is 8.87. The summed E-state index contributed by atoms with van der Waals surface area (Å²) >= 11 is 5.60. The quantitative estimate of drug-likeness (QED) is 0.401. The van der Waals surface area contributed by atoms with Gasteiger partial charge in [0.2, 0.25) is 0 Å². The van der Waals surface area contributed by atoms with Gasteiger partial charge in [-0.05, 0) is 25.1 Å². The van der Waals surface area contributed by atoms with Gasteiger partial charge >= 0.3 is 0 Å². The van der Waals surface area contributed by atoms with E-state index >= 15 is 0 Å². The second kappa shape index (κ2) is 3.45. The summed E-state index contributed by atoms with van der Waals surface area (Å²) in [6, 6.07) is 4.60. The maximum Gasteiger partial charge on any atom is 0.126 e. The van der Waals surface area contributed by atoms with Crippen molar-refractivity contribution in [3.05, 3.63) is 28.8 Å². The highest BCUT2D eigenvalue weighted by Gasteiger charge is 2.04. The van der Waals surface area contributed by atoms with Crippen LogP contribution in [0.5, 0.6) is 5.75 Å². The number of hydrogen-bond donors (Lipinski definition) is 2. The van der Waals surface area contributed by atoms with Crippen molar-refractivity contribution in [2.75, 3.05) is 0 Å². The van der Waals surface area contributed by atoms with Gasteiger partial charge in [0.25, 0.3) is 0 Å². The Morgan fingerprint density at radius 2 is 2.17 bits per heavy atom. The molecule has 64 valence electrons.